The number of amides is 2. The normalized spacial score (nSPS) is 17.7. The van der Waals surface area contributed by atoms with Crippen LogP contribution in [0.1, 0.15) is 49.2 Å². The van der Waals surface area contributed by atoms with Gasteiger partial charge in [0.15, 0.2) is 11.5 Å². The Balaban J connectivity index is 1.47. The van der Waals surface area contributed by atoms with Gasteiger partial charge in [-0.25, -0.2) is 12.8 Å². The number of hydrogen-bond acceptors (Lipinski definition) is 6. The predicted molar refractivity (Wildman–Crippen MR) is 143 cm³/mol. The number of carbonyl (C=O) groups is 3. The van der Waals surface area contributed by atoms with Crippen molar-refractivity contribution >= 4 is 38.6 Å². The first-order chi connectivity index (χ1) is 18.5. The van der Waals surface area contributed by atoms with E-state index in [2.05, 4.69) is 10.6 Å². The summed E-state index contributed by atoms with van der Waals surface area (Å²) in [4.78, 5) is 38.9. The van der Waals surface area contributed by atoms with Crippen molar-refractivity contribution in [2.75, 3.05) is 13.1 Å². The van der Waals surface area contributed by atoms with Crippen molar-refractivity contribution in [3.63, 3.8) is 0 Å². The molecule has 1 saturated heterocycles. The summed E-state index contributed by atoms with van der Waals surface area (Å²) in [5, 5.41) is 6.25. The van der Waals surface area contributed by atoms with Gasteiger partial charge in [0.25, 0.3) is 5.91 Å². The van der Waals surface area contributed by atoms with Gasteiger partial charge in [-0.3, -0.25) is 14.4 Å². The van der Waals surface area contributed by atoms with Crippen molar-refractivity contribution in [1.82, 2.24) is 14.9 Å². The third-order valence-corrected chi connectivity index (χ3v) is 8.65. The number of halogens is 1. The van der Waals surface area contributed by atoms with E-state index >= 15 is 0 Å². The van der Waals surface area contributed by atoms with Crippen molar-refractivity contribution in [2.24, 2.45) is 5.92 Å². The molecule has 2 heterocycles. The van der Waals surface area contributed by atoms with E-state index in [1.54, 1.807) is 19.1 Å². The Labute approximate surface area is 226 Å². The smallest absolute Gasteiger partial charge is 0.287 e. The minimum atomic E-state index is -4.24. The molecule has 2 aromatic carbocycles. The number of carbonyl (C=O) groups excluding carboxylic acids is 3. The van der Waals surface area contributed by atoms with E-state index in [-0.39, 0.29) is 31.1 Å². The fourth-order valence-electron chi connectivity index (χ4n) is 4.74. The Bertz CT molecular complexity index is 1500. The van der Waals surface area contributed by atoms with Crippen molar-refractivity contribution in [1.29, 1.82) is 0 Å². The van der Waals surface area contributed by atoms with Gasteiger partial charge in [-0.15, -0.1) is 0 Å². The molecule has 0 spiro atoms. The van der Waals surface area contributed by atoms with Gasteiger partial charge in [0, 0.05) is 17.5 Å². The van der Waals surface area contributed by atoms with E-state index in [9.17, 15) is 27.2 Å². The lowest BCUT2D eigenvalue weighted by atomic mass is 10.0. The average Bonchev–Trinajstić information content (AvgIpc) is 3.11. The fourth-order valence-corrected chi connectivity index (χ4v) is 6.25. The van der Waals surface area contributed by atoms with Crippen molar-refractivity contribution in [3.8, 4) is 0 Å². The Morgan fingerprint density at radius 1 is 1.13 bits per heavy atom. The monoisotopic (exact) mass is 557 g/mol. The summed E-state index contributed by atoms with van der Waals surface area (Å²) in [5.74, 6) is -2.34. The van der Waals surface area contributed by atoms with Crippen molar-refractivity contribution in [2.45, 2.75) is 57.0 Å². The van der Waals surface area contributed by atoms with Gasteiger partial charge in [0.1, 0.15) is 22.3 Å². The summed E-state index contributed by atoms with van der Waals surface area (Å²) in [5.41, 5.74) is 1.21. The van der Waals surface area contributed by atoms with Crippen molar-refractivity contribution < 1.29 is 31.6 Å². The molecule has 0 bridgehead atoms. The number of para-hydroxylation sites is 1. The maximum absolute atomic E-state index is 14.2. The molecule has 2 amide bonds. The summed E-state index contributed by atoms with van der Waals surface area (Å²) in [6.45, 7) is 5.08. The molecule has 0 radical (unpaired) electrons. The summed E-state index contributed by atoms with van der Waals surface area (Å²) >= 11 is 0. The molecule has 2 atom stereocenters. The molecule has 4 rings (SSSR count). The maximum atomic E-state index is 14.2. The van der Waals surface area contributed by atoms with Crippen LogP contribution in [0.15, 0.2) is 57.8 Å². The second-order valence-electron chi connectivity index (χ2n) is 10.1. The highest BCUT2D eigenvalue weighted by Gasteiger charge is 2.35. The van der Waals surface area contributed by atoms with E-state index in [1.807, 2.05) is 26.0 Å². The predicted octanol–water partition coefficient (Wildman–Crippen LogP) is 3.56. The highest BCUT2D eigenvalue weighted by Crippen LogP contribution is 2.25. The van der Waals surface area contributed by atoms with Gasteiger partial charge < -0.3 is 15.1 Å². The molecule has 1 aliphatic rings. The van der Waals surface area contributed by atoms with Crippen LogP contribution in [0.5, 0.6) is 0 Å². The van der Waals surface area contributed by atoms with Crippen LogP contribution in [0, 0.1) is 18.7 Å². The maximum Gasteiger partial charge on any atom is 0.287 e. The van der Waals surface area contributed by atoms with E-state index in [0.717, 1.165) is 21.8 Å². The number of benzene rings is 2. The zero-order valence-corrected chi connectivity index (χ0v) is 22.9. The van der Waals surface area contributed by atoms with Crippen LogP contribution in [0.25, 0.3) is 11.0 Å². The number of aryl methyl sites for hydroxylation is 1. The van der Waals surface area contributed by atoms with E-state index in [4.69, 9.17) is 4.42 Å². The third-order valence-electron chi connectivity index (χ3n) is 6.77. The lowest BCUT2D eigenvalue weighted by molar-refractivity contribution is -0.129. The molecular formula is C28H32FN3O6S. The number of Topliss-reactive ketones (excluding diaryl/α,β-unsaturated/α-hetero) is 1. The highest BCUT2D eigenvalue weighted by atomic mass is 32.2. The molecule has 1 aromatic heterocycles. The molecule has 1 fully saturated rings. The van der Waals surface area contributed by atoms with Crippen LogP contribution in [-0.2, 0) is 19.6 Å². The minimum Gasteiger partial charge on any atom is -0.451 e. The third kappa shape index (κ3) is 6.20. The molecule has 3 aromatic rings. The lowest BCUT2D eigenvalue weighted by Crippen LogP contribution is -2.52. The number of nitrogens with one attached hydrogen (secondary N) is 2. The number of hydrogen-bond donors (Lipinski definition) is 2. The Kier molecular flexibility index (Phi) is 8.51. The van der Waals surface area contributed by atoms with E-state index < -0.39 is 57.0 Å². The van der Waals surface area contributed by atoms with Gasteiger partial charge in [0.2, 0.25) is 15.9 Å². The van der Waals surface area contributed by atoms with Gasteiger partial charge >= 0.3 is 0 Å². The highest BCUT2D eigenvalue weighted by molar-refractivity contribution is 7.89. The molecule has 11 heteroatoms. The topological polar surface area (TPSA) is 126 Å². The number of nitrogens with zero attached hydrogens (tertiary/aromatic N) is 1. The quantitative estimate of drug-likeness (QED) is 0.436. The zero-order valence-electron chi connectivity index (χ0n) is 22.1. The first-order valence-electron chi connectivity index (χ1n) is 12.9. The molecule has 0 aliphatic carbocycles. The van der Waals surface area contributed by atoms with Crippen LogP contribution in [0.2, 0.25) is 0 Å². The van der Waals surface area contributed by atoms with Gasteiger partial charge in [0.05, 0.1) is 12.6 Å². The Hall–Kier alpha value is -3.57. The van der Waals surface area contributed by atoms with Crippen molar-refractivity contribution in [3.05, 3.63) is 65.7 Å². The van der Waals surface area contributed by atoms with Crippen LogP contribution >= 0.6 is 0 Å². The second kappa shape index (κ2) is 11.7. The number of rotatable bonds is 8. The molecule has 9 nitrogen and oxygen atoms in total. The second-order valence-corrected chi connectivity index (χ2v) is 12.1. The molecule has 0 saturated carbocycles. The molecule has 208 valence electrons. The van der Waals surface area contributed by atoms with Crippen LogP contribution < -0.4 is 10.6 Å². The van der Waals surface area contributed by atoms with Gasteiger partial charge in [-0.2, -0.15) is 4.31 Å². The zero-order chi connectivity index (χ0) is 28.3. The minimum absolute atomic E-state index is 0.00622. The van der Waals surface area contributed by atoms with Crippen LogP contribution in [0.4, 0.5) is 4.39 Å². The first-order valence-corrected chi connectivity index (χ1v) is 14.3. The standard InChI is InChI=1S/C28H32FN3O6S/c1-17(2)15-22(31-28(35)26-18(3)19-9-4-6-12-24(19)38-26)27(34)30-21-11-8-14-32(16-23(21)33)39(36,37)25-13-7-5-10-20(25)29/h4-7,9-10,12-13,17,21-22H,8,11,14-16H2,1-3H3,(H,30,34)(H,31,35)/t21-,22?/m0/s1. The number of sulfonamides is 1. The van der Waals surface area contributed by atoms with Crippen LogP contribution in [-0.4, -0.2) is 55.5 Å². The molecular weight excluding hydrogens is 525 g/mol. The summed E-state index contributed by atoms with van der Waals surface area (Å²) in [7, 11) is -4.24. The Morgan fingerprint density at radius 3 is 2.51 bits per heavy atom. The van der Waals surface area contributed by atoms with E-state index in [1.165, 1.54) is 12.1 Å². The van der Waals surface area contributed by atoms with Gasteiger partial charge in [-0.1, -0.05) is 44.2 Å². The summed E-state index contributed by atoms with van der Waals surface area (Å²) in [6, 6.07) is 10.3. The molecule has 39 heavy (non-hydrogen) atoms. The SMILES string of the molecule is Cc1c(C(=O)NC(CC(C)C)C(=O)N[C@H]2CCCN(S(=O)(=O)c3ccccc3F)CC2=O)oc2ccccc12. The number of fused-ring (bicyclic) bond motifs is 1. The molecule has 1 aliphatic heterocycles. The average molecular weight is 558 g/mol. The number of ketones is 1. The largest absolute Gasteiger partial charge is 0.451 e. The number of furan rings is 1. The van der Waals surface area contributed by atoms with E-state index in [0.29, 0.717) is 17.6 Å². The molecule has 2 N–H and O–H groups in total. The molecule has 1 unspecified atom stereocenters. The first kappa shape index (κ1) is 28.4. The fraction of sp³-hybridized carbons (Fsp3) is 0.393. The summed E-state index contributed by atoms with van der Waals surface area (Å²) < 4.78 is 46.9. The lowest BCUT2D eigenvalue weighted by Gasteiger charge is -2.23. The Morgan fingerprint density at radius 2 is 1.82 bits per heavy atom. The van der Waals surface area contributed by atoms with Gasteiger partial charge in [-0.05, 0) is 50.3 Å². The summed E-state index contributed by atoms with van der Waals surface area (Å²) in [6.07, 6.45) is 0.800. The van der Waals surface area contributed by atoms with Crippen LogP contribution in [0.3, 0.4) is 0 Å².